The molecule has 0 atom stereocenters. The van der Waals surface area contributed by atoms with E-state index in [1.54, 1.807) is 5.57 Å². The number of likely N-dealkylation sites (N-methyl/N-ethyl adjacent to an activating group) is 1. The number of para-hydroxylation sites is 3. The van der Waals surface area contributed by atoms with E-state index < -0.39 is 0 Å². The summed E-state index contributed by atoms with van der Waals surface area (Å²) in [6, 6.07) is 66.9. The third kappa shape index (κ3) is 11.7. The average molecular weight is 1210 g/mol. The van der Waals surface area contributed by atoms with E-state index in [0.29, 0.717) is 0 Å². The maximum atomic E-state index is 2.60. The molecule has 0 saturated carbocycles. The Balaban J connectivity index is 0.000000193. The molecule has 8 aromatic carbocycles. The minimum absolute atomic E-state index is 0.0111. The Bertz CT molecular complexity index is 4250. The highest BCUT2D eigenvalue weighted by Crippen LogP contribution is 2.54. The summed E-state index contributed by atoms with van der Waals surface area (Å²) in [6.45, 7) is 30.4. The third-order valence-corrected chi connectivity index (χ3v) is 21.3. The lowest BCUT2D eigenvalue weighted by Crippen LogP contribution is -2.27. The largest absolute Gasteiger partial charge is 0.344 e. The van der Waals surface area contributed by atoms with Crippen LogP contribution in [-0.4, -0.2) is 13.1 Å². The molecule has 0 fully saturated rings. The van der Waals surface area contributed by atoms with Gasteiger partial charge < -0.3 is 14.7 Å². The van der Waals surface area contributed by atoms with Gasteiger partial charge in [0, 0.05) is 68.9 Å². The molecule has 2 aliphatic heterocycles. The van der Waals surface area contributed by atoms with Crippen molar-refractivity contribution >= 4 is 55.4 Å². The molecule has 2 heterocycles. The monoisotopic (exact) mass is 1210 g/mol. The van der Waals surface area contributed by atoms with Gasteiger partial charge in [0.1, 0.15) is 0 Å². The van der Waals surface area contributed by atoms with Gasteiger partial charge in [-0.05, 0) is 183 Å². The number of fused-ring (bicyclic) bond motifs is 8. The number of rotatable bonds is 19. The van der Waals surface area contributed by atoms with Gasteiger partial charge in [0.05, 0.1) is 5.70 Å². The van der Waals surface area contributed by atoms with Gasteiger partial charge >= 0.3 is 0 Å². The van der Waals surface area contributed by atoms with Gasteiger partial charge in [-0.3, -0.25) is 0 Å². The Morgan fingerprint density at radius 1 is 0.435 bits per heavy atom. The van der Waals surface area contributed by atoms with E-state index in [1.807, 2.05) is 0 Å². The fraction of sp³-hybridized carbons (Fsp3) is 0.326. The molecule has 3 aliphatic carbocycles. The topological polar surface area (TPSA) is 9.72 Å². The summed E-state index contributed by atoms with van der Waals surface area (Å²) in [6.07, 6.45) is 30.5. The molecule has 0 N–H and O–H groups in total. The molecule has 3 nitrogen and oxygen atoms in total. The standard InChI is InChI=1S/C53H50N2.C36H49N/c1-7-54-47-34-30-38-19-15-17-25-45(38)50(47)53(5,6)48(54)35-31-40-27-26-39(51(40)55(41-20-10-8-11-21-41)42-22-12-9-13-23-42)29-33-46-36(2)43-32-28-37-18-14-16-24-44(37)49(43)52(46,3)4;1-7-9-11-13-20-28-29-21-14-15-22-30(29)35(3,4)31(28)24-19-26-34-36(5,6)32-23-16-17-25-33(32)37(34)27-18-12-10-8-2/h8-25,28-35H,7,26-27H2,1-6H3;14-17,19,21-26H,7-13,18,20,27H2,1-6H3/b33-29+,40-31?,48-35-;24-19+,34-26-. The Hall–Kier alpha value is -8.40. The third-order valence-electron chi connectivity index (χ3n) is 21.3. The normalized spacial score (nSPS) is 18.8. The molecule has 5 aliphatic rings. The van der Waals surface area contributed by atoms with Crippen molar-refractivity contribution in [2.45, 2.75) is 175 Å². The van der Waals surface area contributed by atoms with E-state index in [9.17, 15) is 0 Å². The molecule has 8 aromatic rings. The summed E-state index contributed by atoms with van der Waals surface area (Å²) < 4.78 is 0. The highest BCUT2D eigenvalue weighted by Gasteiger charge is 2.43. The first kappa shape index (κ1) is 63.7. The van der Waals surface area contributed by atoms with Crippen LogP contribution >= 0.6 is 0 Å². The van der Waals surface area contributed by atoms with Gasteiger partial charge in [0.25, 0.3) is 0 Å². The molecule has 470 valence electrons. The summed E-state index contributed by atoms with van der Waals surface area (Å²) >= 11 is 0. The van der Waals surface area contributed by atoms with Crippen molar-refractivity contribution in [1.82, 2.24) is 0 Å². The van der Waals surface area contributed by atoms with Crippen LogP contribution in [0.3, 0.4) is 0 Å². The van der Waals surface area contributed by atoms with E-state index in [0.717, 1.165) is 25.9 Å². The van der Waals surface area contributed by atoms with Crippen LogP contribution in [0.5, 0.6) is 0 Å². The molecule has 0 amide bonds. The van der Waals surface area contributed by atoms with Crippen LogP contribution < -0.4 is 14.7 Å². The summed E-state index contributed by atoms with van der Waals surface area (Å²) in [5.74, 6) is 0. The van der Waals surface area contributed by atoms with Crippen molar-refractivity contribution < 1.29 is 0 Å². The maximum Gasteiger partial charge on any atom is 0.0525 e. The smallest absolute Gasteiger partial charge is 0.0525 e. The quantitative estimate of drug-likeness (QED) is 0.0747. The first-order valence-corrected chi connectivity index (χ1v) is 34.9. The van der Waals surface area contributed by atoms with Gasteiger partial charge in [-0.15, -0.1) is 0 Å². The lowest BCUT2D eigenvalue weighted by Gasteiger charge is -2.29. The van der Waals surface area contributed by atoms with Crippen molar-refractivity contribution in [2.24, 2.45) is 0 Å². The van der Waals surface area contributed by atoms with Gasteiger partial charge in [0.15, 0.2) is 0 Å². The number of hydrogen-bond donors (Lipinski definition) is 0. The zero-order valence-electron chi connectivity index (χ0n) is 57.4. The summed E-state index contributed by atoms with van der Waals surface area (Å²) in [4.78, 5) is 7.62. The Morgan fingerprint density at radius 2 is 1.02 bits per heavy atom. The van der Waals surface area contributed by atoms with E-state index in [4.69, 9.17) is 0 Å². The molecular weight excluding hydrogens is 1110 g/mol. The van der Waals surface area contributed by atoms with E-state index >= 15 is 0 Å². The van der Waals surface area contributed by atoms with Gasteiger partial charge in [-0.2, -0.15) is 0 Å². The van der Waals surface area contributed by atoms with Gasteiger partial charge in [-0.25, -0.2) is 0 Å². The lowest BCUT2D eigenvalue weighted by atomic mass is 9.78. The minimum Gasteiger partial charge on any atom is -0.344 e. The number of allylic oxidation sites excluding steroid dienone is 15. The molecule has 0 aromatic heterocycles. The Kier molecular flexibility index (Phi) is 18.5. The van der Waals surface area contributed by atoms with Crippen molar-refractivity contribution in [2.75, 3.05) is 27.8 Å². The summed E-state index contributed by atoms with van der Waals surface area (Å²) in [7, 11) is 0. The first-order valence-electron chi connectivity index (χ1n) is 34.9. The molecule has 0 spiro atoms. The molecule has 13 rings (SSSR count). The van der Waals surface area contributed by atoms with Crippen LogP contribution in [0.2, 0.25) is 0 Å². The predicted octanol–water partition coefficient (Wildman–Crippen LogP) is 24.6. The lowest BCUT2D eigenvalue weighted by molar-refractivity contribution is 0.612. The molecule has 3 heteroatoms. The number of anilines is 4. The number of nitrogens with zero attached hydrogens (tertiary/aromatic N) is 3. The molecule has 0 unspecified atom stereocenters. The number of benzene rings is 8. The summed E-state index contributed by atoms with van der Waals surface area (Å²) in [5, 5.41) is 5.32. The van der Waals surface area contributed by atoms with Crippen molar-refractivity contribution in [3.05, 3.63) is 297 Å². The zero-order chi connectivity index (χ0) is 64.4. The summed E-state index contributed by atoms with van der Waals surface area (Å²) in [5.41, 5.74) is 26.1. The second-order valence-corrected chi connectivity index (χ2v) is 28.5. The molecular formula is C89H99N3. The highest BCUT2D eigenvalue weighted by atomic mass is 15.2. The van der Waals surface area contributed by atoms with E-state index in [2.05, 4.69) is 322 Å². The van der Waals surface area contributed by atoms with Crippen LogP contribution in [-0.2, 0) is 21.7 Å². The van der Waals surface area contributed by atoms with E-state index in [-0.39, 0.29) is 21.7 Å². The van der Waals surface area contributed by atoms with Crippen LogP contribution in [0.1, 0.15) is 187 Å². The zero-order valence-corrected chi connectivity index (χ0v) is 57.4. The highest BCUT2D eigenvalue weighted by molar-refractivity contribution is 5.97. The average Bonchev–Trinajstić information content (AvgIpc) is 1.60. The van der Waals surface area contributed by atoms with Crippen LogP contribution in [0, 0.1) is 0 Å². The first-order chi connectivity index (χ1) is 44.5. The van der Waals surface area contributed by atoms with E-state index in [1.165, 1.54) is 180 Å². The van der Waals surface area contributed by atoms with Gasteiger partial charge in [0.2, 0.25) is 0 Å². The Morgan fingerprint density at radius 3 is 1.70 bits per heavy atom. The van der Waals surface area contributed by atoms with Crippen molar-refractivity contribution in [1.29, 1.82) is 0 Å². The minimum atomic E-state index is -0.149. The molecule has 92 heavy (non-hydrogen) atoms. The molecule has 0 saturated heterocycles. The fourth-order valence-electron chi connectivity index (χ4n) is 16.5. The Labute approximate surface area is 552 Å². The van der Waals surface area contributed by atoms with Crippen LogP contribution in [0.4, 0.5) is 22.7 Å². The van der Waals surface area contributed by atoms with Crippen LogP contribution in [0.25, 0.3) is 32.7 Å². The molecule has 0 radical (unpaired) electrons. The number of unbranched alkanes of at least 4 members (excludes halogenated alkanes) is 6. The van der Waals surface area contributed by atoms with Gasteiger partial charge in [-0.1, -0.05) is 284 Å². The van der Waals surface area contributed by atoms with Crippen molar-refractivity contribution in [3.8, 4) is 0 Å². The van der Waals surface area contributed by atoms with Crippen molar-refractivity contribution in [3.63, 3.8) is 0 Å². The SMILES string of the molecule is CCCCCCC1=C(/C=C/C=C2\N(CCCCCC)c3ccccc3C2(C)C)C(C)(C)c2ccccc21.CCN1/C(=C\C=C2CCC(/C=C/C3=C(C)c4ccc5ccccc5c4C3(C)C)=C2N(c2ccccc2)c2ccccc2)C(C)(C)c2c1ccc1ccccc21. The maximum absolute atomic E-state index is 2.60. The predicted molar refractivity (Wildman–Crippen MR) is 399 cm³/mol. The molecule has 0 bridgehead atoms. The second kappa shape index (κ2) is 26.7. The second-order valence-electron chi connectivity index (χ2n) is 28.5. The number of hydrogen-bond acceptors (Lipinski definition) is 3. The fourth-order valence-corrected chi connectivity index (χ4v) is 16.5. The van der Waals surface area contributed by atoms with Crippen LogP contribution in [0.15, 0.2) is 264 Å².